The molecule has 0 radical (unpaired) electrons. The SMILES string of the molecule is O=C(O)c1cccc2nc(NCCn3cccn3)ccc12. The van der Waals surface area contributed by atoms with Gasteiger partial charge in [-0.15, -0.1) is 0 Å². The van der Waals surface area contributed by atoms with Gasteiger partial charge in [0.05, 0.1) is 17.6 Å². The first-order chi connectivity index (χ1) is 10.2. The Balaban J connectivity index is 1.76. The molecule has 0 aliphatic heterocycles. The van der Waals surface area contributed by atoms with Gasteiger partial charge in [0, 0.05) is 24.3 Å². The van der Waals surface area contributed by atoms with E-state index in [1.54, 1.807) is 36.5 Å². The molecule has 2 N–H and O–H groups in total. The van der Waals surface area contributed by atoms with Crippen molar-refractivity contribution in [1.29, 1.82) is 0 Å². The molecule has 0 atom stereocenters. The lowest BCUT2D eigenvalue weighted by molar-refractivity contribution is 0.0699. The molecule has 0 spiro atoms. The lowest BCUT2D eigenvalue weighted by Gasteiger charge is -2.08. The van der Waals surface area contributed by atoms with Crippen molar-refractivity contribution in [2.24, 2.45) is 0 Å². The molecule has 1 aromatic carbocycles. The summed E-state index contributed by atoms with van der Waals surface area (Å²) >= 11 is 0. The Kier molecular flexibility index (Phi) is 3.51. The Morgan fingerprint density at radius 3 is 2.90 bits per heavy atom. The van der Waals surface area contributed by atoms with Crippen LogP contribution in [0.1, 0.15) is 10.4 Å². The standard InChI is InChI=1S/C15H14N4O2/c20-15(21)12-3-1-4-13-11(12)5-6-14(18-13)16-8-10-19-9-2-7-17-19/h1-7,9H,8,10H2,(H,16,18)(H,20,21). The molecule has 106 valence electrons. The van der Waals surface area contributed by atoms with E-state index in [1.807, 2.05) is 16.9 Å². The van der Waals surface area contributed by atoms with Crippen LogP contribution in [0.4, 0.5) is 5.82 Å². The van der Waals surface area contributed by atoms with Crippen LogP contribution >= 0.6 is 0 Å². The van der Waals surface area contributed by atoms with Gasteiger partial charge in [-0.25, -0.2) is 9.78 Å². The van der Waals surface area contributed by atoms with E-state index in [0.717, 1.165) is 12.4 Å². The lowest BCUT2D eigenvalue weighted by Crippen LogP contribution is -2.11. The molecule has 2 aromatic heterocycles. The molecule has 6 heteroatoms. The summed E-state index contributed by atoms with van der Waals surface area (Å²) in [4.78, 5) is 15.6. The first kappa shape index (κ1) is 13.1. The number of fused-ring (bicyclic) bond motifs is 1. The number of aromatic nitrogens is 3. The van der Waals surface area contributed by atoms with Gasteiger partial charge >= 0.3 is 5.97 Å². The number of pyridine rings is 1. The van der Waals surface area contributed by atoms with E-state index in [4.69, 9.17) is 5.11 Å². The van der Waals surface area contributed by atoms with Crippen molar-refractivity contribution in [2.75, 3.05) is 11.9 Å². The minimum absolute atomic E-state index is 0.267. The molecule has 0 aliphatic rings. The maximum atomic E-state index is 11.2. The minimum atomic E-state index is -0.943. The topological polar surface area (TPSA) is 80.0 Å². The normalized spacial score (nSPS) is 10.7. The summed E-state index contributed by atoms with van der Waals surface area (Å²) in [5, 5.41) is 17.1. The number of hydrogen-bond donors (Lipinski definition) is 2. The summed E-state index contributed by atoms with van der Waals surface area (Å²) in [6.07, 6.45) is 3.64. The first-order valence-electron chi connectivity index (χ1n) is 6.58. The number of nitrogens with zero attached hydrogens (tertiary/aromatic N) is 3. The summed E-state index contributed by atoms with van der Waals surface area (Å²) in [6.45, 7) is 1.43. The van der Waals surface area contributed by atoms with Crippen LogP contribution in [0.5, 0.6) is 0 Å². The molecule has 3 aromatic rings. The highest BCUT2D eigenvalue weighted by atomic mass is 16.4. The van der Waals surface area contributed by atoms with Crippen molar-refractivity contribution >= 4 is 22.7 Å². The van der Waals surface area contributed by atoms with E-state index < -0.39 is 5.97 Å². The number of carboxylic acids is 1. The van der Waals surface area contributed by atoms with Gasteiger partial charge in [-0.2, -0.15) is 5.10 Å². The van der Waals surface area contributed by atoms with E-state index >= 15 is 0 Å². The van der Waals surface area contributed by atoms with Crippen molar-refractivity contribution in [3.05, 3.63) is 54.4 Å². The van der Waals surface area contributed by atoms with Gasteiger partial charge in [-0.05, 0) is 30.3 Å². The molecule has 0 saturated heterocycles. The highest BCUT2D eigenvalue weighted by molar-refractivity contribution is 6.02. The monoisotopic (exact) mass is 282 g/mol. The van der Waals surface area contributed by atoms with Gasteiger partial charge in [-0.3, -0.25) is 4.68 Å². The number of aromatic carboxylic acids is 1. The Morgan fingerprint density at radius 2 is 2.14 bits per heavy atom. The van der Waals surface area contributed by atoms with Gasteiger partial charge in [0.15, 0.2) is 0 Å². The molecular formula is C15H14N4O2. The second-order valence-electron chi connectivity index (χ2n) is 4.57. The van der Waals surface area contributed by atoms with Crippen LogP contribution in [0.3, 0.4) is 0 Å². The average molecular weight is 282 g/mol. The molecule has 0 unspecified atom stereocenters. The molecule has 6 nitrogen and oxygen atoms in total. The summed E-state index contributed by atoms with van der Waals surface area (Å²) in [5.74, 6) is -0.223. The smallest absolute Gasteiger partial charge is 0.336 e. The van der Waals surface area contributed by atoms with E-state index in [9.17, 15) is 4.79 Å². The Morgan fingerprint density at radius 1 is 1.24 bits per heavy atom. The van der Waals surface area contributed by atoms with Gasteiger partial charge in [0.2, 0.25) is 0 Å². The number of carbonyl (C=O) groups is 1. The number of rotatable bonds is 5. The zero-order valence-electron chi connectivity index (χ0n) is 11.2. The zero-order chi connectivity index (χ0) is 14.7. The third-order valence-corrected chi connectivity index (χ3v) is 3.17. The van der Waals surface area contributed by atoms with Crippen LogP contribution in [0, 0.1) is 0 Å². The number of benzene rings is 1. The molecule has 21 heavy (non-hydrogen) atoms. The second-order valence-corrected chi connectivity index (χ2v) is 4.57. The molecule has 0 aliphatic carbocycles. The van der Waals surface area contributed by atoms with Crippen molar-refractivity contribution in [2.45, 2.75) is 6.54 Å². The maximum Gasteiger partial charge on any atom is 0.336 e. The van der Waals surface area contributed by atoms with Crippen molar-refractivity contribution in [3.63, 3.8) is 0 Å². The van der Waals surface area contributed by atoms with Gasteiger partial charge in [0.25, 0.3) is 0 Å². The molecule has 0 bridgehead atoms. The maximum absolute atomic E-state index is 11.2. The van der Waals surface area contributed by atoms with Crippen LogP contribution in [-0.2, 0) is 6.54 Å². The number of anilines is 1. The highest BCUT2D eigenvalue weighted by Gasteiger charge is 2.08. The van der Waals surface area contributed by atoms with Crippen LogP contribution in [0.2, 0.25) is 0 Å². The van der Waals surface area contributed by atoms with E-state index in [-0.39, 0.29) is 5.56 Å². The number of hydrogen-bond acceptors (Lipinski definition) is 4. The Bertz CT molecular complexity index is 768. The summed E-state index contributed by atoms with van der Waals surface area (Å²) < 4.78 is 1.83. The highest BCUT2D eigenvalue weighted by Crippen LogP contribution is 2.19. The lowest BCUT2D eigenvalue weighted by atomic mass is 10.1. The van der Waals surface area contributed by atoms with Crippen molar-refractivity contribution in [1.82, 2.24) is 14.8 Å². The van der Waals surface area contributed by atoms with E-state index in [2.05, 4.69) is 15.4 Å². The van der Waals surface area contributed by atoms with E-state index in [1.165, 1.54) is 0 Å². The largest absolute Gasteiger partial charge is 0.478 e. The van der Waals surface area contributed by atoms with Gasteiger partial charge in [-0.1, -0.05) is 6.07 Å². The van der Waals surface area contributed by atoms with Crippen molar-refractivity contribution < 1.29 is 9.90 Å². The molecule has 0 amide bonds. The first-order valence-corrected chi connectivity index (χ1v) is 6.58. The fourth-order valence-corrected chi connectivity index (χ4v) is 2.17. The zero-order valence-corrected chi connectivity index (χ0v) is 11.2. The van der Waals surface area contributed by atoms with Gasteiger partial charge in [0.1, 0.15) is 5.82 Å². The van der Waals surface area contributed by atoms with Crippen LogP contribution in [-0.4, -0.2) is 32.4 Å². The number of nitrogens with one attached hydrogen (secondary N) is 1. The third kappa shape index (κ3) is 2.84. The van der Waals surface area contributed by atoms with E-state index in [0.29, 0.717) is 17.4 Å². The summed E-state index contributed by atoms with van der Waals surface area (Å²) in [7, 11) is 0. The fourth-order valence-electron chi connectivity index (χ4n) is 2.17. The molecule has 3 rings (SSSR count). The minimum Gasteiger partial charge on any atom is -0.478 e. The second kappa shape index (κ2) is 5.62. The Labute approximate surface area is 121 Å². The fraction of sp³-hybridized carbons (Fsp3) is 0.133. The summed E-state index contributed by atoms with van der Waals surface area (Å²) in [6, 6.07) is 10.5. The summed E-state index contributed by atoms with van der Waals surface area (Å²) in [5.41, 5.74) is 0.932. The predicted octanol–water partition coefficient (Wildman–Crippen LogP) is 2.24. The molecular weight excluding hydrogens is 268 g/mol. The van der Waals surface area contributed by atoms with Crippen LogP contribution in [0.15, 0.2) is 48.8 Å². The quantitative estimate of drug-likeness (QED) is 0.750. The molecule has 2 heterocycles. The molecule has 0 saturated carbocycles. The average Bonchev–Trinajstić information content (AvgIpc) is 2.99. The third-order valence-electron chi connectivity index (χ3n) is 3.17. The van der Waals surface area contributed by atoms with Crippen molar-refractivity contribution in [3.8, 4) is 0 Å². The van der Waals surface area contributed by atoms with Gasteiger partial charge < -0.3 is 10.4 Å². The Hall–Kier alpha value is -2.89. The number of carboxylic acid groups (broad SMARTS) is 1. The van der Waals surface area contributed by atoms with Crippen LogP contribution < -0.4 is 5.32 Å². The predicted molar refractivity (Wildman–Crippen MR) is 79.4 cm³/mol. The van der Waals surface area contributed by atoms with Crippen LogP contribution in [0.25, 0.3) is 10.9 Å². The molecule has 0 fully saturated rings.